The molecule has 0 saturated heterocycles. The second-order valence-electron chi connectivity index (χ2n) is 6.65. The molecule has 0 aliphatic rings. The van der Waals surface area contributed by atoms with E-state index in [0.717, 1.165) is 17.8 Å². The standard InChI is InChI=1S/C23H26F3N5/c1-2-3-5-12-28-14-15-31(18-22-7-4-6-13-29-22)17-20(27)16-30-21-10-8-19(9-11-21)23(24,25)26/h2-13,16,30H,1,14-15,17-18,27H2/b5-3-,20-16-,28-12?. The summed E-state index contributed by atoms with van der Waals surface area (Å²) in [4.78, 5) is 10.8. The van der Waals surface area contributed by atoms with Crippen LogP contribution in [0.25, 0.3) is 0 Å². The van der Waals surface area contributed by atoms with Crippen LogP contribution < -0.4 is 11.1 Å². The van der Waals surface area contributed by atoms with Crippen LogP contribution in [-0.4, -0.2) is 35.7 Å². The third-order valence-electron chi connectivity index (χ3n) is 4.14. The summed E-state index contributed by atoms with van der Waals surface area (Å²) in [5.41, 5.74) is 7.40. The second-order valence-corrected chi connectivity index (χ2v) is 6.65. The molecule has 164 valence electrons. The van der Waals surface area contributed by atoms with Gasteiger partial charge in [0.05, 0.1) is 17.8 Å². The van der Waals surface area contributed by atoms with Crippen molar-refractivity contribution in [3.8, 4) is 0 Å². The van der Waals surface area contributed by atoms with E-state index in [1.54, 1.807) is 36.8 Å². The summed E-state index contributed by atoms with van der Waals surface area (Å²) in [7, 11) is 0. The largest absolute Gasteiger partial charge is 0.416 e. The number of hydrogen-bond donors (Lipinski definition) is 2. The molecule has 0 aliphatic heterocycles. The van der Waals surface area contributed by atoms with Gasteiger partial charge in [0.25, 0.3) is 0 Å². The monoisotopic (exact) mass is 429 g/mol. The summed E-state index contributed by atoms with van der Waals surface area (Å²) in [6, 6.07) is 10.5. The zero-order valence-electron chi connectivity index (χ0n) is 17.1. The van der Waals surface area contributed by atoms with E-state index in [9.17, 15) is 13.2 Å². The molecule has 0 amide bonds. The van der Waals surface area contributed by atoms with E-state index < -0.39 is 11.7 Å². The van der Waals surface area contributed by atoms with Crippen molar-refractivity contribution in [2.24, 2.45) is 10.7 Å². The maximum absolute atomic E-state index is 12.7. The molecule has 1 aromatic heterocycles. The Morgan fingerprint density at radius 1 is 1.16 bits per heavy atom. The molecule has 8 heteroatoms. The van der Waals surface area contributed by atoms with E-state index in [2.05, 4.69) is 26.8 Å². The van der Waals surface area contributed by atoms with Gasteiger partial charge in [0, 0.05) is 49.6 Å². The van der Waals surface area contributed by atoms with Gasteiger partial charge in [-0.2, -0.15) is 13.2 Å². The Balaban J connectivity index is 1.97. The number of benzene rings is 1. The Morgan fingerprint density at radius 2 is 1.94 bits per heavy atom. The Bertz CT molecular complexity index is 888. The number of pyridine rings is 1. The molecule has 1 aromatic carbocycles. The molecule has 3 N–H and O–H groups in total. The summed E-state index contributed by atoms with van der Waals surface area (Å²) in [6.45, 7) is 5.87. The molecule has 0 bridgehead atoms. The average Bonchev–Trinajstić information content (AvgIpc) is 2.75. The molecule has 0 unspecified atom stereocenters. The lowest BCUT2D eigenvalue weighted by molar-refractivity contribution is -0.137. The van der Waals surface area contributed by atoms with Gasteiger partial charge in [-0.3, -0.25) is 14.9 Å². The van der Waals surface area contributed by atoms with Gasteiger partial charge in [-0.25, -0.2) is 0 Å². The van der Waals surface area contributed by atoms with E-state index in [-0.39, 0.29) is 0 Å². The van der Waals surface area contributed by atoms with E-state index in [1.807, 2.05) is 18.2 Å². The number of nitrogens with two attached hydrogens (primary N) is 1. The molecular formula is C23H26F3N5. The number of halogens is 3. The van der Waals surface area contributed by atoms with Gasteiger partial charge in [0.15, 0.2) is 0 Å². The number of aromatic nitrogens is 1. The van der Waals surface area contributed by atoms with Gasteiger partial charge in [-0.15, -0.1) is 0 Å². The lowest BCUT2D eigenvalue weighted by atomic mass is 10.2. The number of rotatable bonds is 11. The number of allylic oxidation sites excluding steroid dienone is 3. The number of hydrogen-bond acceptors (Lipinski definition) is 5. The number of anilines is 1. The fraction of sp³-hybridized carbons (Fsp3) is 0.217. The molecule has 2 aromatic rings. The summed E-state index contributed by atoms with van der Waals surface area (Å²) in [6.07, 6.45) is 5.95. The van der Waals surface area contributed by atoms with Crippen LogP contribution in [0.4, 0.5) is 18.9 Å². The molecule has 2 rings (SSSR count). The molecule has 31 heavy (non-hydrogen) atoms. The first kappa shape index (κ1) is 23.9. The van der Waals surface area contributed by atoms with Crippen molar-refractivity contribution in [3.63, 3.8) is 0 Å². The van der Waals surface area contributed by atoms with Gasteiger partial charge < -0.3 is 11.1 Å². The third-order valence-corrected chi connectivity index (χ3v) is 4.14. The Kier molecular flexibility index (Phi) is 9.51. The van der Waals surface area contributed by atoms with Gasteiger partial charge in [-0.1, -0.05) is 24.8 Å². The molecule has 0 aliphatic carbocycles. The normalized spacial score (nSPS) is 12.7. The second kappa shape index (κ2) is 12.3. The van der Waals surface area contributed by atoms with Crippen molar-refractivity contribution < 1.29 is 13.2 Å². The Morgan fingerprint density at radius 3 is 2.58 bits per heavy atom. The van der Waals surface area contributed by atoms with Crippen LogP contribution in [-0.2, 0) is 12.7 Å². The highest BCUT2D eigenvalue weighted by atomic mass is 19.4. The summed E-state index contributed by atoms with van der Waals surface area (Å²) in [5, 5.41) is 2.94. The zero-order chi connectivity index (χ0) is 22.5. The maximum Gasteiger partial charge on any atom is 0.416 e. The summed E-state index contributed by atoms with van der Waals surface area (Å²) >= 11 is 0. The van der Waals surface area contributed by atoms with E-state index in [0.29, 0.717) is 37.6 Å². The predicted octanol–water partition coefficient (Wildman–Crippen LogP) is 4.63. The van der Waals surface area contributed by atoms with E-state index >= 15 is 0 Å². The molecule has 0 saturated carbocycles. The molecule has 0 radical (unpaired) electrons. The van der Waals surface area contributed by atoms with E-state index in [1.165, 1.54) is 12.1 Å². The maximum atomic E-state index is 12.7. The van der Waals surface area contributed by atoms with Gasteiger partial charge in [-0.05, 0) is 42.5 Å². The van der Waals surface area contributed by atoms with Crippen LogP contribution in [0.1, 0.15) is 11.3 Å². The van der Waals surface area contributed by atoms with Crippen molar-refractivity contribution in [2.75, 3.05) is 25.0 Å². The lowest BCUT2D eigenvalue weighted by Crippen LogP contribution is -2.31. The first-order chi connectivity index (χ1) is 14.9. The van der Waals surface area contributed by atoms with Crippen molar-refractivity contribution in [1.29, 1.82) is 0 Å². The average molecular weight is 429 g/mol. The zero-order valence-corrected chi connectivity index (χ0v) is 17.1. The minimum absolute atomic E-state index is 0.447. The highest BCUT2D eigenvalue weighted by Crippen LogP contribution is 2.29. The van der Waals surface area contributed by atoms with Crippen molar-refractivity contribution in [2.45, 2.75) is 12.7 Å². The third kappa shape index (κ3) is 9.31. The number of aliphatic imine (C=N–C) groups is 1. The Labute approximate surface area is 180 Å². The Hall–Kier alpha value is -3.39. The highest BCUT2D eigenvalue weighted by molar-refractivity contribution is 5.71. The van der Waals surface area contributed by atoms with Crippen molar-refractivity contribution in [3.05, 3.63) is 96.6 Å². The van der Waals surface area contributed by atoms with Crippen molar-refractivity contribution in [1.82, 2.24) is 9.88 Å². The molecular weight excluding hydrogens is 403 g/mol. The smallest absolute Gasteiger partial charge is 0.400 e. The quantitative estimate of drug-likeness (QED) is 0.404. The van der Waals surface area contributed by atoms with Crippen LogP contribution in [0.2, 0.25) is 0 Å². The minimum Gasteiger partial charge on any atom is -0.400 e. The predicted molar refractivity (Wildman–Crippen MR) is 120 cm³/mol. The molecule has 0 fully saturated rings. The van der Waals surface area contributed by atoms with Crippen LogP contribution >= 0.6 is 0 Å². The molecule has 0 spiro atoms. The van der Waals surface area contributed by atoms with Crippen LogP contribution in [0.3, 0.4) is 0 Å². The van der Waals surface area contributed by atoms with Gasteiger partial charge >= 0.3 is 6.18 Å². The molecule has 1 heterocycles. The SMILES string of the molecule is C=C/C=C\C=NCCN(C/C(N)=C/Nc1ccc(C(F)(F)F)cc1)Cc1ccccn1. The number of nitrogens with zero attached hydrogens (tertiary/aromatic N) is 3. The molecule has 0 atom stereocenters. The van der Waals surface area contributed by atoms with Crippen LogP contribution in [0.5, 0.6) is 0 Å². The summed E-state index contributed by atoms with van der Waals surface area (Å²) in [5.74, 6) is 0. The van der Waals surface area contributed by atoms with Crippen molar-refractivity contribution >= 4 is 11.9 Å². The topological polar surface area (TPSA) is 66.5 Å². The minimum atomic E-state index is -4.36. The van der Waals surface area contributed by atoms with Gasteiger partial charge in [0.2, 0.25) is 0 Å². The van der Waals surface area contributed by atoms with Gasteiger partial charge in [0.1, 0.15) is 0 Å². The summed E-state index contributed by atoms with van der Waals surface area (Å²) < 4.78 is 38.0. The number of alkyl halides is 3. The lowest BCUT2D eigenvalue weighted by Gasteiger charge is -2.21. The highest BCUT2D eigenvalue weighted by Gasteiger charge is 2.29. The van der Waals surface area contributed by atoms with E-state index in [4.69, 9.17) is 5.73 Å². The fourth-order valence-electron chi connectivity index (χ4n) is 2.63. The first-order valence-electron chi connectivity index (χ1n) is 9.66. The fourth-order valence-corrected chi connectivity index (χ4v) is 2.63. The first-order valence-corrected chi connectivity index (χ1v) is 9.66. The number of nitrogens with one attached hydrogen (secondary N) is 1. The molecule has 5 nitrogen and oxygen atoms in total. The van der Waals surface area contributed by atoms with Crippen LogP contribution in [0.15, 0.2) is 90.4 Å². The van der Waals surface area contributed by atoms with Crippen LogP contribution in [0, 0.1) is 0 Å².